The Bertz CT molecular complexity index is 443. The summed E-state index contributed by atoms with van der Waals surface area (Å²) in [5.74, 6) is -0.918. The van der Waals surface area contributed by atoms with E-state index in [9.17, 15) is 9.59 Å². The highest BCUT2D eigenvalue weighted by Gasteiger charge is 2.18. The van der Waals surface area contributed by atoms with Gasteiger partial charge in [-0.3, -0.25) is 4.79 Å². The van der Waals surface area contributed by atoms with Gasteiger partial charge in [-0.25, -0.2) is 4.79 Å². The van der Waals surface area contributed by atoms with Crippen molar-refractivity contribution in [3.05, 3.63) is 29.8 Å². The summed E-state index contributed by atoms with van der Waals surface area (Å²) in [6.45, 7) is 1.84. The lowest BCUT2D eigenvalue weighted by molar-refractivity contribution is -0.142. The molecule has 0 fully saturated rings. The highest BCUT2D eigenvalue weighted by atomic mass is 16.5. The smallest absolute Gasteiger partial charge is 0.326 e. The first-order valence-corrected chi connectivity index (χ1v) is 6.35. The van der Waals surface area contributed by atoms with Crippen LogP contribution >= 0.6 is 0 Å². The molecule has 0 heterocycles. The van der Waals surface area contributed by atoms with Crippen molar-refractivity contribution in [2.24, 2.45) is 0 Å². The van der Waals surface area contributed by atoms with Crippen LogP contribution < -0.4 is 10.1 Å². The molecule has 1 rings (SSSR count). The quantitative estimate of drug-likeness (QED) is 0.652. The molecule has 1 unspecified atom stereocenters. The molecule has 110 valence electrons. The summed E-state index contributed by atoms with van der Waals surface area (Å²) in [5, 5.41) is 19.9. The molecule has 0 aliphatic carbocycles. The summed E-state index contributed by atoms with van der Waals surface area (Å²) < 4.78 is 5.38. The summed E-state index contributed by atoms with van der Waals surface area (Å²) in [7, 11) is 0. The van der Waals surface area contributed by atoms with Crippen molar-refractivity contribution in [2.45, 2.75) is 25.8 Å². The van der Waals surface area contributed by atoms with Gasteiger partial charge in [0.2, 0.25) is 5.91 Å². The molecule has 1 atom stereocenters. The van der Waals surface area contributed by atoms with Crippen LogP contribution in [0, 0.1) is 6.92 Å². The highest BCUT2D eigenvalue weighted by molar-refractivity contribution is 5.83. The van der Waals surface area contributed by atoms with E-state index in [0.29, 0.717) is 5.75 Å². The van der Waals surface area contributed by atoms with Crippen LogP contribution in [0.25, 0.3) is 0 Å². The van der Waals surface area contributed by atoms with Crippen molar-refractivity contribution in [1.29, 1.82) is 0 Å². The predicted molar refractivity (Wildman–Crippen MR) is 72.6 cm³/mol. The number of hydrogen-bond acceptors (Lipinski definition) is 4. The first-order chi connectivity index (χ1) is 9.52. The Morgan fingerprint density at radius 2 is 1.95 bits per heavy atom. The largest absolute Gasteiger partial charge is 0.493 e. The van der Waals surface area contributed by atoms with Gasteiger partial charge in [-0.05, 0) is 19.1 Å². The molecule has 0 radical (unpaired) electrons. The van der Waals surface area contributed by atoms with Gasteiger partial charge in [-0.2, -0.15) is 0 Å². The molecule has 20 heavy (non-hydrogen) atoms. The summed E-state index contributed by atoms with van der Waals surface area (Å²) in [6, 6.07) is 6.35. The minimum absolute atomic E-state index is 0.0140. The van der Waals surface area contributed by atoms with Crippen LogP contribution in [-0.2, 0) is 9.59 Å². The third-order valence-corrected chi connectivity index (χ3v) is 2.67. The van der Waals surface area contributed by atoms with Gasteiger partial charge in [0.15, 0.2) is 0 Å². The Labute approximate surface area is 117 Å². The maximum Gasteiger partial charge on any atom is 0.326 e. The SMILES string of the molecule is Cc1ccc(OCCC(=O)NC(CCO)C(=O)O)cc1. The summed E-state index contributed by atoms with van der Waals surface area (Å²) in [5.41, 5.74) is 1.11. The van der Waals surface area contributed by atoms with E-state index in [-0.39, 0.29) is 26.1 Å². The molecular weight excluding hydrogens is 262 g/mol. The first-order valence-electron chi connectivity index (χ1n) is 6.35. The molecule has 0 saturated heterocycles. The van der Waals surface area contributed by atoms with Gasteiger partial charge >= 0.3 is 5.97 Å². The standard InChI is InChI=1S/C14H19NO5/c1-10-2-4-11(5-3-10)20-9-7-13(17)15-12(6-8-16)14(18)19/h2-5,12,16H,6-9H2,1H3,(H,15,17)(H,18,19). The second-order valence-electron chi connectivity index (χ2n) is 4.38. The van der Waals surface area contributed by atoms with Crippen LogP contribution in [0.3, 0.4) is 0 Å². The third kappa shape index (κ3) is 5.71. The van der Waals surface area contributed by atoms with Gasteiger partial charge < -0.3 is 20.3 Å². The van der Waals surface area contributed by atoms with Crippen LogP contribution in [0.15, 0.2) is 24.3 Å². The topological polar surface area (TPSA) is 95.9 Å². The molecule has 3 N–H and O–H groups in total. The fourth-order valence-corrected chi connectivity index (χ4v) is 1.55. The molecule has 0 spiro atoms. The Kier molecular flexibility index (Phi) is 6.52. The average Bonchev–Trinajstić information content (AvgIpc) is 2.40. The second-order valence-corrected chi connectivity index (χ2v) is 4.38. The Morgan fingerprint density at radius 1 is 1.30 bits per heavy atom. The van der Waals surface area contributed by atoms with Crippen molar-refractivity contribution in [3.8, 4) is 5.75 Å². The van der Waals surface area contributed by atoms with E-state index >= 15 is 0 Å². The number of carbonyl (C=O) groups excluding carboxylic acids is 1. The number of amides is 1. The molecule has 1 aromatic carbocycles. The van der Waals surface area contributed by atoms with Crippen molar-refractivity contribution in [2.75, 3.05) is 13.2 Å². The van der Waals surface area contributed by atoms with Gasteiger partial charge in [-0.15, -0.1) is 0 Å². The predicted octanol–water partition coefficient (Wildman–Crippen LogP) is 0.716. The van der Waals surface area contributed by atoms with Gasteiger partial charge in [0.05, 0.1) is 13.0 Å². The molecule has 0 aromatic heterocycles. The third-order valence-electron chi connectivity index (χ3n) is 2.67. The van der Waals surface area contributed by atoms with Crippen molar-refractivity contribution < 1.29 is 24.5 Å². The molecule has 0 saturated carbocycles. The Balaban J connectivity index is 2.32. The van der Waals surface area contributed by atoms with E-state index in [1.807, 2.05) is 19.1 Å². The summed E-state index contributed by atoms with van der Waals surface area (Å²) >= 11 is 0. The van der Waals surface area contributed by atoms with Gasteiger partial charge in [-0.1, -0.05) is 17.7 Å². The van der Waals surface area contributed by atoms with E-state index < -0.39 is 17.9 Å². The minimum atomic E-state index is -1.16. The molecule has 6 heteroatoms. The first kappa shape index (κ1) is 16.0. The van der Waals surface area contributed by atoms with E-state index in [1.165, 1.54) is 0 Å². The Morgan fingerprint density at radius 3 is 2.50 bits per heavy atom. The number of aliphatic carboxylic acids is 1. The molecule has 0 bridgehead atoms. The van der Waals surface area contributed by atoms with Crippen LogP contribution in [0.2, 0.25) is 0 Å². The van der Waals surface area contributed by atoms with Gasteiger partial charge in [0, 0.05) is 13.0 Å². The van der Waals surface area contributed by atoms with Crippen molar-refractivity contribution in [1.82, 2.24) is 5.32 Å². The van der Waals surface area contributed by atoms with E-state index in [0.717, 1.165) is 5.56 Å². The highest BCUT2D eigenvalue weighted by Crippen LogP contribution is 2.11. The zero-order chi connectivity index (χ0) is 15.0. The zero-order valence-corrected chi connectivity index (χ0v) is 11.3. The molecule has 1 aromatic rings. The fraction of sp³-hybridized carbons (Fsp3) is 0.429. The number of benzene rings is 1. The normalized spacial score (nSPS) is 11.7. The molecule has 1 amide bonds. The zero-order valence-electron chi connectivity index (χ0n) is 11.3. The maximum atomic E-state index is 11.5. The number of rotatable bonds is 8. The van der Waals surface area contributed by atoms with Crippen LogP contribution in [0.1, 0.15) is 18.4 Å². The van der Waals surface area contributed by atoms with Gasteiger partial charge in [0.1, 0.15) is 11.8 Å². The lowest BCUT2D eigenvalue weighted by Crippen LogP contribution is -2.41. The van der Waals surface area contributed by atoms with Crippen LogP contribution in [0.5, 0.6) is 5.75 Å². The van der Waals surface area contributed by atoms with Crippen molar-refractivity contribution in [3.63, 3.8) is 0 Å². The number of aliphatic hydroxyl groups excluding tert-OH is 1. The molecule has 0 aliphatic rings. The number of aliphatic hydroxyl groups is 1. The van der Waals surface area contributed by atoms with E-state index in [1.54, 1.807) is 12.1 Å². The Hall–Kier alpha value is -2.08. The second kappa shape index (κ2) is 8.16. The molecule has 0 aliphatic heterocycles. The number of carboxylic acid groups (broad SMARTS) is 1. The number of hydrogen-bond donors (Lipinski definition) is 3. The monoisotopic (exact) mass is 281 g/mol. The lowest BCUT2D eigenvalue weighted by Gasteiger charge is -2.13. The number of carboxylic acids is 1. The number of nitrogens with one attached hydrogen (secondary N) is 1. The number of aryl methyl sites for hydroxylation is 1. The molecule has 6 nitrogen and oxygen atoms in total. The van der Waals surface area contributed by atoms with Crippen LogP contribution in [0.4, 0.5) is 0 Å². The maximum absolute atomic E-state index is 11.5. The lowest BCUT2D eigenvalue weighted by atomic mass is 10.2. The average molecular weight is 281 g/mol. The van der Waals surface area contributed by atoms with E-state index in [2.05, 4.69) is 5.32 Å². The fourth-order valence-electron chi connectivity index (χ4n) is 1.55. The summed E-state index contributed by atoms with van der Waals surface area (Å²) in [6.07, 6.45) is 0.0446. The van der Waals surface area contributed by atoms with E-state index in [4.69, 9.17) is 14.9 Å². The summed E-state index contributed by atoms with van der Waals surface area (Å²) in [4.78, 5) is 22.3. The minimum Gasteiger partial charge on any atom is -0.493 e. The van der Waals surface area contributed by atoms with Crippen molar-refractivity contribution >= 4 is 11.9 Å². The van der Waals surface area contributed by atoms with Crippen LogP contribution in [-0.4, -0.2) is 41.3 Å². The number of ether oxygens (including phenoxy) is 1. The molecular formula is C14H19NO5. The van der Waals surface area contributed by atoms with Gasteiger partial charge in [0.25, 0.3) is 0 Å². The number of carbonyl (C=O) groups is 2.